The van der Waals surface area contributed by atoms with Crippen molar-refractivity contribution in [3.8, 4) is 0 Å². The molecule has 4 nitrogen and oxygen atoms in total. The van der Waals surface area contributed by atoms with Crippen LogP contribution < -0.4 is 5.32 Å². The minimum absolute atomic E-state index is 0.365. The van der Waals surface area contributed by atoms with Crippen molar-refractivity contribution >= 4 is 17.3 Å². The molecule has 2 aromatic rings. The van der Waals surface area contributed by atoms with Crippen LogP contribution in [-0.2, 0) is 0 Å². The lowest BCUT2D eigenvalue weighted by Gasteiger charge is -2.27. The molecular formula is C20H28N4S. The summed E-state index contributed by atoms with van der Waals surface area (Å²) < 4.78 is 0. The predicted octanol–water partition coefficient (Wildman–Crippen LogP) is 3.42. The highest BCUT2D eigenvalue weighted by Gasteiger charge is 2.26. The van der Waals surface area contributed by atoms with E-state index in [0.717, 1.165) is 25.6 Å². The Bertz CT molecular complexity index is 666. The number of rotatable bonds is 5. The van der Waals surface area contributed by atoms with E-state index in [-0.39, 0.29) is 0 Å². The molecule has 2 unspecified atom stereocenters. The first kappa shape index (κ1) is 18.0. The predicted molar refractivity (Wildman–Crippen MR) is 107 cm³/mol. The number of nitrogens with one attached hydrogen (secondary N) is 1. The van der Waals surface area contributed by atoms with Crippen LogP contribution in [0.1, 0.15) is 28.8 Å². The normalized spacial score (nSPS) is 19.4. The number of aliphatic imine (C=N–C) groups is 1. The minimum atomic E-state index is 0.365. The topological polar surface area (TPSA) is 30.9 Å². The number of hydrogen-bond donors (Lipinski definition) is 1. The van der Waals surface area contributed by atoms with Crippen molar-refractivity contribution in [2.45, 2.75) is 18.4 Å². The molecule has 5 heteroatoms. The number of nitrogens with zero attached hydrogens (tertiary/aromatic N) is 3. The second-order valence-corrected chi connectivity index (χ2v) is 7.74. The zero-order chi connectivity index (χ0) is 17.6. The summed E-state index contributed by atoms with van der Waals surface area (Å²) in [5.74, 6) is 1.61. The van der Waals surface area contributed by atoms with Gasteiger partial charge >= 0.3 is 0 Å². The van der Waals surface area contributed by atoms with Crippen LogP contribution in [0.3, 0.4) is 0 Å². The minimum Gasteiger partial charge on any atom is -0.354 e. The first-order valence-electron chi connectivity index (χ1n) is 8.89. The summed E-state index contributed by atoms with van der Waals surface area (Å²) in [6.07, 6.45) is 1.19. The summed E-state index contributed by atoms with van der Waals surface area (Å²) in [6, 6.07) is 15.5. The van der Waals surface area contributed by atoms with Crippen molar-refractivity contribution in [3.63, 3.8) is 0 Å². The molecule has 0 spiro atoms. The van der Waals surface area contributed by atoms with E-state index in [1.807, 2.05) is 18.4 Å². The lowest BCUT2D eigenvalue weighted by molar-refractivity contribution is 0.299. The highest BCUT2D eigenvalue weighted by molar-refractivity contribution is 7.10. The van der Waals surface area contributed by atoms with Gasteiger partial charge in [0.05, 0.1) is 6.04 Å². The number of benzene rings is 1. The van der Waals surface area contributed by atoms with Crippen LogP contribution in [0.25, 0.3) is 0 Å². The van der Waals surface area contributed by atoms with Gasteiger partial charge in [0.25, 0.3) is 0 Å². The van der Waals surface area contributed by atoms with Gasteiger partial charge in [0.15, 0.2) is 5.96 Å². The van der Waals surface area contributed by atoms with E-state index < -0.39 is 0 Å². The van der Waals surface area contributed by atoms with E-state index >= 15 is 0 Å². The Morgan fingerprint density at radius 3 is 2.72 bits per heavy atom. The van der Waals surface area contributed by atoms with Gasteiger partial charge in [0.1, 0.15) is 0 Å². The Labute approximate surface area is 155 Å². The van der Waals surface area contributed by atoms with Crippen molar-refractivity contribution in [3.05, 3.63) is 58.3 Å². The first-order valence-corrected chi connectivity index (χ1v) is 9.77. The largest absolute Gasteiger partial charge is 0.354 e. The average molecular weight is 357 g/mol. The van der Waals surface area contributed by atoms with Crippen LogP contribution >= 0.6 is 11.3 Å². The van der Waals surface area contributed by atoms with Crippen molar-refractivity contribution in [2.75, 3.05) is 40.8 Å². The van der Waals surface area contributed by atoms with Gasteiger partial charge in [-0.3, -0.25) is 4.99 Å². The molecule has 1 fully saturated rings. The van der Waals surface area contributed by atoms with Gasteiger partial charge in [-0.1, -0.05) is 36.4 Å². The number of guanidine groups is 1. The molecule has 3 rings (SSSR count). The van der Waals surface area contributed by atoms with Gasteiger partial charge in [-0.25, -0.2) is 0 Å². The lowest BCUT2D eigenvalue weighted by atomic mass is 9.99. The quantitative estimate of drug-likeness (QED) is 0.658. The molecule has 0 bridgehead atoms. The molecule has 1 saturated heterocycles. The molecule has 1 aliphatic rings. The molecule has 1 aliphatic heterocycles. The summed E-state index contributed by atoms with van der Waals surface area (Å²) in [4.78, 5) is 10.6. The third kappa shape index (κ3) is 4.41. The van der Waals surface area contributed by atoms with Gasteiger partial charge in [-0.05, 0) is 37.5 Å². The number of thiophene rings is 1. The van der Waals surface area contributed by atoms with E-state index in [1.54, 1.807) is 0 Å². The van der Waals surface area contributed by atoms with Gasteiger partial charge in [-0.15, -0.1) is 11.3 Å². The van der Waals surface area contributed by atoms with Crippen molar-refractivity contribution < 1.29 is 0 Å². The Kier molecular flexibility index (Phi) is 6.10. The van der Waals surface area contributed by atoms with Crippen molar-refractivity contribution in [2.24, 2.45) is 4.99 Å². The number of hydrogen-bond acceptors (Lipinski definition) is 3. The maximum atomic E-state index is 4.53. The Morgan fingerprint density at radius 1 is 1.28 bits per heavy atom. The molecule has 0 aliphatic carbocycles. The molecule has 2 atom stereocenters. The van der Waals surface area contributed by atoms with Gasteiger partial charge in [0.2, 0.25) is 0 Å². The summed E-state index contributed by atoms with van der Waals surface area (Å²) >= 11 is 1.81. The van der Waals surface area contributed by atoms with Crippen LogP contribution in [0.15, 0.2) is 52.8 Å². The summed E-state index contributed by atoms with van der Waals surface area (Å²) in [6.45, 7) is 2.97. The molecule has 0 radical (unpaired) electrons. The fourth-order valence-corrected chi connectivity index (χ4v) is 4.41. The summed E-state index contributed by atoms with van der Waals surface area (Å²) in [7, 11) is 6.15. The molecule has 0 amide bonds. The third-order valence-corrected chi connectivity index (χ3v) is 5.89. The maximum Gasteiger partial charge on any atom is 0.193 e. The monoisotopic (exact) mass is 356 g/mol. The highest BCUT2D eigenvalue weighted by Crippen LogP contribution is 2.27. The van der Waals surface area contributed by atoms with Gasteiger partial charge in [0, 0.05) is 37.5 Å². The molecule has 25 heavy (non-hydrogen) atoms. The van der Waals surface area contributed by atoms with Crippen LogP contribution in [0.5, 0.6) is 0 Å². The van der Waals surface area contributed by atoms with Crippen LogP contribution in [0.4, 0.5) is 0 Å². The SMILES string of the molecule is CN=C(NCC(c1cccs1)N(C)C)N1CCC(c2ccccc2)C1. The van der Waals surface area contributed by atoms with Crippen LogP contribution in [0, 0.1) is 0 Å². The summed E-state index contributed by atoms with van der Waals surface area (Å²) in [5.41, 5.74) is 1.44. The number of likely N-dealkylation sites (tertiary alicyclic amines) is 1. The fraction of sp³-hybridized carbons (Fsp3) is 0.450. The van der Waals surface area contributed by atoms with E-state index in [1.165, 1.54) is 16.9 Å². The average Bonchev–Trinajstić information content (AvgIpc) is 3.31. The molecular weight excluding hydrogens is 328 g/mol. The standard InChI is InChI=1S/C20H28N4S/c1-21-20(22-14-18(23(2)3)19-10-7-13-25-19)24-12-11-17(15-24)16-8-5-4-6-9-16/h4-10,13,17-18H,11-12,14-15H2,1-3H3,(H,21,22). The molecule has 1 aromatic carbocycles. The zero-order valence-electron chi connectivity index (χ0n) is 15.4. The third-order valence-electron chi connectivity index (χ3n) is 4.92. The Morgan fingerprint density at radius 2 is 2.08 bits per heavy atom. The second-order valence-electron chi connectivity index (χ2n) is 6.77. The van der Waals surface area contributed by atoms with E-state index in [2.05, 4.69) is 82.0 Å². The molecule has 1 N–H and O–H groups in total. The van der Waals surface area contributed by atoms with E-state index in [4.69, 9.17) is 0 Å². The first-order chi connectivity index (χ1) is 12.2. The molecule has 2 heterocycles. The Balaban J connectivity index is 1.60. The van der Waals surface area contributed by atoms with Crippen LogP contribution in [-0.4, -0.2) is 56.5 Å². The molecule has 134 valence electrons. The maximum absolute atomic E-state index is 4.53. The van der Waals surface area contributed by atoms with Gasteiger partial charge in [-0.2, -0.15) is 0 Å². The lowest BCUT2D eigenvalue weighted by Crippen LogP contribution is -2.43. The second kappa shape index (κ2) is 8.50. The van der Waals surface area contributed by atoms with E-state index in [0.29, 0.717) is 12.0 Å². The Hall–Kier alpha value is -1.85. The zero-order valence-corrected chi connectivity index (χ0v) is 16.2. The van der Waals surface area contributed by atoms with Gasteiger partial charge < -0.3 is 15.1 Å². The molecule has 1 aromatic heterocycles. The number of likely N-dealkylation sites (N-methyl/N-ethyl adjacent to an activating group) is 1. The van der Waals surface area contributed by atoms with Crippen LogP contribution in [0.2, 0.25) is 0 Å². The van der Waals surface area contributed by atoms with Crippen molar-refractivity contribution in [1.82, 2.24) is 15.1 Å². The smallest absolute Gasteiger partial charge is 0.193 e. The highest BCUT2D eigenvalue weighted by atomic mass is 32.1. The van der Waals surface area contributed by atoms with E-state index in [9.17, 15) is 0 Å². The van der Waals surface area contributed by atoms with Crippen molar-refractivity contribution in [1.29, 1.82) is 0 Å². The summed E-state index contributed by atoms with van der Waals surface area (Å²) in [5, 5.41) is 5.74. The molecule has 0 saturated carbocycles. The fourth-order valence-electron chi connectivity index (χ4n) is 3.49.